The normalized spacial score (nSPS) is 17.1. The van der Waals surface area contributed by atoms with Crippen LogP contribution in [-0.2, 0) is 21.4 Å². The molecular weight excluding hydrogens is 604 g/mol. The fourth-order valence-electron chi connectivity index (χ4n) is 6.10. The Kier molecular flexibility index (Phi) is 6.00. The summed E-state index contributed by atoms with van der Waals surface area (Å²) in [6, 6.07) is 2.03. The first-order chi connectivity index (χ1) is 20.8. The van der Waals surface area contributed by atoms with Crippen molar-refractivity contribution in [2.24, 2.45) is 10.8 Å². The van der Waals surface area contributed by atoms with Crippen LogP contribution in [0.5, 0.6) is 11.5 Å². The van der Waals surface area contributed by atoms with Crippen molar-refractivity contribution in [2.75, 3.05) is 7.11 Å². The lowest BCUT2D eigenvalue weighted by Gasteiger charge is -2.27. The third kappa shape index (κ3) is 3.43. The van der Waals surface area contributed by atoms with Crippen molar-refractivity contribution in [1.29, 1.82) is 0 Å². The van der Waals surface area contributed by atoms with E-state index in [0.29, 0.717) is 0 Å². The number of phenols is 1. The molecule has 0 radical (unpaired) electrons. The lowest BCUT2D eigenvalue weighted by molar-refractivity contribution is -0.137. The Morgan fingerprint density at radius 3 is 2.27 bits per heavy atom. The van der Waals surface area contributed by atoms with Crippen LogP contribution in [0.4, 0.5) is 0 Å². The number of H-pyrrole nitrogens is 1. The summed E-state index contributed by atoms with van der Waals surface area (Å²) in [4.78, 5) is 90.5. The highest BCUT2D eigenvalue weighted by Gasteiger charge is 2.53. The maximum Gasteiger partial charge on any atom is 0.329 e. The molecule has 0 saturated carbocycles. The molecule has 4 aliphatic rings. The van der Waals surface area contributed by atoms with Gasteiger partial charge in [0.2, 0.25) is 16.3 Å². The molecule has 1 heterocycles. The highest BCUT2D eigenvalue weighted by Crippen LogP contribution is 2.56. The fourth-order valence-corrected chi connectivity index (χ4v) is 6.44. The van der Waals surface area contributed by atoms with Crippen molar-refractivity contribution in [3.63, 3.8) is 0 Å². The molecule has 44 heavy (non-hydrogen) atoms. The number of carbonyl (C=O) groups is 2. The van der Waals surface area contributed by atoms with Crippen LogP contribution >= 0.6 is 11.6 Å². The van der Waals surface area contributed by atoms with Crippen molar-refractivity contribution in [3.8, 4) is 11.5 Å². The third-order valence-corrected chi connectivity index (χ3v) is 8.40. The van der Waals surface area contributed by atoms with Crippen molar-refractivity contribution in [1.82, 2.24) is 10.4 Å². The van der Waals surface area contributed by atoms with Gasteiger partial charge >= 0.3 is 11.8 Å². The predicted molar refractivity (Wildman–Crippen MR) is 153 cm³/mol. The van der Waals surface area contributed by atoms with E-state index in [1.807, 2.05) is 5.43 Å². The number of nitrogens with two attached hydrogens (primary N) is 1. The number of methoxy groups -OCH3 is 1. The number of hydrogen-bond acceptors (Lipinski definition) is 12. The molecule has 1 atom stereocenters. The number of aromatic hydroxyl groups is 1. The molecule has 0 saturated heterocycles. The molecule has 6 rings (SSSR count). The molecule has 1 aromatic carbocycles. The van der Waals surface area contributed by atoms with Gasteiger partial charge in [-0.05, 0) is 24.5 Å². The maximum atomic E-state index is 13.6. The van der Waals surface area contributed by atoms with Crippen LogP contribution in [-0.4, -0.2) is 45.4 Å². The van der Waals surface area contributed by atoms with Gasteiger partial charge in [0.25, 0.3) is 5.56 Å². The minimum atomic E-state index is -2.13. The summed E-state index contributed by atoms with van der Waals surface area (Å²) >= 11 is 6.68. The Bertz CT molecular complexity index is 2570. The molecule has 222 valence electrons. The van der Waals surface area contributed by atoms with Gasteiger partial charge in [0, 0.05) is 17.0 Å². The molecule has 7 N–H and O–H groups in total. The van der Waals surface area contributed by atoms with Crippen molar-refractivity contribution < 1.29 is 29.6 Å². The SMILES string of the molecule is COc1cc(=O)c2c(=O)c3c(c(=O)c=2c1=O)=C(O)[C@]1(CCc2c1c(O)c1c(=O)[nH]c(C=NNC(=O)C(N)=O)cc1c2Cl)C=3O. The Hall–Kier alpha value is -5.83. The van der Waals surface area contributed by atoms with E-state index in [1.165, 1.54) is 6.07 Å². The first-order valence-corrected chi connectivity index (χ1v) is 12.9. The number of hydrogen-bond donors (Lipinski definition) is 6. The van der Waals surface area contributed by atoms with E-state index in [1.54, 1.807) is 0 Å². The summed E-state index contributed by atoms with van der Waals surface area (Å²) in [5.41, 5.74) is -0.982. The molecular formula is C28H17ClN4O11. The number of nitrogens with zero attached hydrogens (tertiary/aromatic N) is 1. The van der Waals surface area contributed by atoms with Crippen LogP contribution in [0.25, 0.3) is 22.3 Å². The van der Waals surface area contributed by atoms with Crippen molar-refractivity contribution in [3.05, 3.63) is 106 Å². The number of amides is 2. The van der Waals surface area contributed by atoms with Gasteiger partial charge in [0.15, 0.2) is 11.2 Å². The molecule has 15 nitrogen and oxygen atoms in total. The number of aromatic amines is 1. The summed E-state index contributed by atoms with van der Waals surface area (Å²) < 4.78 is 4.86. The first kappa shape index (κ1) is 28.3. The van der Waals surface area contributed by atoms with Crippen LogP contribution in [0.1, 0.15) is 23.2 Å². The Labute approximate surface area is 245 Å². The Balaban J connectivity index is 1.67. The molecule has 0 fully saturated rings. The molecule has 4 aliphatic carbocycles. The summed E-state index contributed by atoms with van der Waals surface area (Å²) in [5, 5.41) is 34.5. The zero-order chi connectivity index (χ0) is 32.0. The van der Waals surface area contributed by atoms with E-state index in [-0.39, 0.29) is 40.1 Å². The second-order valence-corrected chi connectivity index (χ2v) is 10.5. The van der Waals surface area contributed by atoms with Crippen molar-refractivity contribution in [2.45, 2.75) is 18.3 Å². The number of fused-ring (bicyclic) bond motifs is 4. The molecule has 16 heteroatoms. The number of phenolic OH excluding ortho intramolecular Hbond substituents is 1. The van der Waals surface area contributed by atoms with Gasteiger partial charge in [0.1, 0.15) is 22.7 Å². The van der Waals surface area contributed by atoms with Gasteiger partial charge in [0.05, 0.1) is 50.3 Å². The van der Waals surface area contributed by atoms with Gasteiger partial charge in [-0.15, -0.1) is 0 Å². The van der Waals surface area contributed by atoms with Crippen LogP contribution in [0, 0.1) is 10.4 Å². The maximum absolute atomic E-state index is 13.6. The van der Waals surface area contributed by atoms with Crippen LogP contribution < -0.4 is 53.6 Å². The molecule has 2 amide bonds. The number of nitrogens with one attached hydrogen (secondary N) is 2. The molecule has 0 aliphatic heterocycles. The second-order valence-electron chi connectivity index (χ2n) is 10.1. The topological polar surface area (TPSA) is 256 Å². The summed E-state index contributed by atoms with van der Waals surface area (Å²) in [6.45, 7) is 0. The number of aromatic nitrogens is 1. The number of aliphatic hydroxyl groups is 2. The van der Waals surface area contributed by atoms with E-state index < -0.39 is 93.8 Å². The van der Waals surface area contributed by atoms with Crippen LogP contribution in [0.15, 0.2) is 41.2 Å². The van der Waals surface area contributed by atoms with E-state index >= 15 is 0 Å². The Morgan fingerprint density at radius 2 is 1.66 bits per heavy atom. The van der Waals surface area contributed by atoms with Gasteiger partial charge in [-0.25, -0.2) is 5.43 Å². The second kappa shape index (κ2) is 9.34. The predicted octanol–water partition coefficient (Wildman–Crippen LogP) is -2.90. The zero-order valence-electron chi connectivity index (χ0n) is 22.2. The monoisotopic (exact) mass is 620 g/mol. The Morgan fingerprint density at radius 1 is 1.02 bits per heavy atom. The van der Waals surface area contributed by atoms with E-state index in [9.17, 15) is 48.9 Å². The number of aliphatic hydroxyl groups excluding tert-OH is 2. The van der Waals surface area contributed by atoms with E-state index in [0.717, 1.165) is 19.4 Å². The van der Waals surface area contributed by atoms with Gasteiger partial charge in [-0.3, -0.25) is 33.6 Å². The number of halogens is 1. The molecule has 1 aromatic heterocycles. The zero-order valence-corrected chi connectivity index (χ0v) is 22.9. The summed E-state index contributed by atoms with van der Waals surface area (Å²) in [5.74, 6) is -5.51. The minimum Gasteiger partial charge on any atom is -0.510 e. The number of primary amides is 1. The standard InChI is InChI=1S/C28H17ClN4O11/c1-44-11-5-10(34)13-14(19(11)35)21(37)16-15(20(13)36)23(39)28(24(16)40)3-2-8-17(28)22(38)12-9(18(8)29)4-7(32-26(12)42)6-31-33-27(43)25(30)41/h4-6,38-40H,2-3H2,1H3,(H2,30,41)(H,32,42)(H,33,43)/t28-/m0/s1. The average Bonchev–Trinajstić information content (AvgIpc) is 3.48. The number of pyridine rings is 1. The third-order valence-electron chi connectivity index (χ3n) is 7.97. The lowest BCUT2D eigenvalue weighted by atomic mass is 9.78. The highest BCUT2D eigenvalue weighted by molar-refractivity contribution is 6.37. The quantitative estimate of drug-likeness (QED) is 0.0769. The number of ether oxygens (including phenoxy) is 1. The lowest BCUT2D eigenvalue weighted by Crippen LogP contribution is -2.51. The number of rotatable bonds is 3. The van der Waals surface area contributed by atoms with Crippen LogP contribution in [0.2, 0.25) is 5.02 Å². The smallest absolute Gasteiger partial charge is 0.329 e. The van der Waals surface area contributed by atoms with Crippen LogP contribution in [0.3, 0.4) is 0 Å². The minimum absolute atomic E-state index is 0.000241. The van der Waals surface area contributed by atoms with Crippen molar-refractivity contribution >= 4 is 51.9 Å². The molecule has 1 spiro atoms. The summed E-state index contributed by atoms with van der Waals surface area (Å²) in [7, 11) is 1.09. The number of hydrazone groups is 1. The molecule has 0 bridgehead atoms. The number of benzene rings is 1. The van der Waals surface area contributed by atoms with E-state index in [4.69, 9.17) is 22.1 Å². The average molecular weight is 621 g/mol. The van der Waals surface area contributed by atoms with Gasteiger partial charge in [-0.2, -0.15) is 5.10 Å². The highest BCUT2D eigenvalue weighted by atomic mass is 35.5. The number of carbonyl (C=O) groups excluding carboxylic acids is 2. The van der Waals surface area contributed by atoms with Gasteiger partial charge < -0.3 is 30.8 Å². The fraction of sp³-hybridized carbons (Fsp3) is 0.143. The first-order valence-electron chi connectivity index (χ1n) is 12.6. The molecule has 2 aromatic rings. The molecule has 0 unspecified atom stereocenters. The largest absolute Gasteiger partial charge is 0.510 e. The summed E-state index contributed by atoms with van der Waals surface area (Å²) in [6.07, 6.45) is 0.688. The van der Waals surface area contributed by atoms with E-state index in [2.05, 4.69) is 10.1 Å². The van der Waals surface area contributed by atoms with Gasteiger partial charge in [-0.1, -0.05) is 11.6 Å².